The van der Waals surface area contributed by atoms with Gasteiger partial charge in [0.1, 0.15) is 17.2 Å². The average Bonchev–Trinajstić information content (AvgIpc) is 2.16. The lowest BCUT2D eigenvalue weighted by Crippen LogP contribution is -2.00. The van der Waals surface area contributed by atoms with Gasteiger partial charge >= 0.3 is 0 Å². The molecule has 5 heteroatoms. The van der Waals surface area contributed by atoms with E-state index < -0.39 is 0 Å². The SMILES string of the molecule is COc1cc(O)c(CN)c(OC)c1.Cl. The molecule has 4 nitrogen and oxygen atoms in total. The van der Waals surface area contributed by atoms with Crippen LogP contribution in [-0.4, -0.2) is 19.3 Å². The maximum absolute atomic E-state index is 9.49. The molecule has 0 saturated carbocycles. The molecule has 0 spiro atoms. The third kappa shape index (κ3) is 2.43. The summed E-state index contributed by atoms with van der Waals surface area (Å²) in [5.41, 5.74) is 6.02. The van der Waals surface area contributed by atoms with Crippen molar-refractivity contribution in [3.05, 3.63) is 17.7 Å². The lowest BCUT2D eigenvalue weighted by Gasteiger charge is -2.10. The summed E-state index contributed by atoms with van der Waals surface area (Å²) in [4.78, 5) is 0. The molecular formula is C9H14ClNO3. The average molecular weight is 220 g/mol. The Labute approximate surface area is 89.0 Å². The minimum Gasteiger partial charge on any atom is -0.507 e. The Kier molecular flexibility index (Phi) is 5.12. The molecule has 80 valence electrons. The Balaban J connectivity index is 0.00000169. The number of aromatic hydroxyl groups is 1. The highest BCUT2D eigenvalue weighted by Gasteiger charge is 2.09. The van der Waals surface area contributed by atoms with Crippen LogP contribution < -0.4 is 15.2 Å². The topological polar surface area (TPSA) is 64.7 Å². The Morgan fingerprint density at radius 3 is 2.36 bits per heavy atom. The summed E-state index contributed by atoms with van der Waals surface area (Å²) in [5.74, 6) is 1.18. The summed E-state index contributed by atoms with van der Waals surface area (Å²) in [6, 6.07) is 3.19. The first-order chi connectivity index (χ1) is 6.22. The first-order valence-corrected chi connectivity index (χ1v) is 3.86. The summed E-state index contributed by atoms with van der Waals surface area (Å²) >= 11 is 0. The summed E-state index contributed by atoms with van der Waals surface area (Å²) in [7, 11) is 3.05. The van der Waals surface area contributed by atoms with Gasteiger partial charge in [-0.1, -0.05) is 0 Å². The van der Waals surface area contributed by atoms with Crippen LogP contribution in [0, 0.1) is 0 Å². The van der Waals surface area contributed by atoms with E-state index in [-0.39, 0.29) is 24.7 Å². The molecule has 0 unspecified atom stereocenters. The number of benzene rings is 1. The summed E-state index contributed by atoms with van der Waals surface area (Å²) in [6.07, 6.45) is 0. The molecule has 0 bridgehead atoms. The van der Waals surface area contributed by atoms with Gasteiger partial charge < -0.3 is 20.3 Å². The van der Waals surface area contributed by atoms with Gasteiger partial charge in [-0.3, -0.25) is 0 Å². The van der Waals surface area contributed by atoms with Crippen molar-refractivity contribution in [1.29, 1.82) is 0 Å². The van der Waals surface area contributed by atoms with Gasteiger partial charge in [-0.15, -0.1) is 12.4 Å². The third-order valence-corrected chi connectivity index (χ3v) is 1.82. The zero-order valence-corrected chi connectivity index (χ0v) is 8.93. The Morgan fingerprint density at radius 1 is 1.29 bits per heavy atom. The van der Waals surface area contributed by atoms with E-state index in [1.54, 1.807) is 6.07 Å². The van der Waals surface area contributed by atoms with Crippen LogP contribution in [0.3, 0.4) is 0 Å². The number of ether oxygens (including phenoxy) is 2. The highest BCUT2D eigenvalue weighted by atomic mass is 35.5. The van der Waals surface area contributed by atoms with Crippen molar-refractivity contribution in [2.75, 3.05) is 14.2 Å². The molecule has 0 atom stereocenters. The number of rotatable bonds is 3. The van der Waals surface area contributed by atoms with E-state index in [1.807, 2.05) is 0 Å². The lowest BCUT2D eigenvalue weighted by atomic mass is 10.1. The first-order valence-electron chi connectivity index (χ1n) is 3.86. The molecule has 0 heterocycles. The van der Waals surface area contributed by atoms with Gasteiger partial charge in [0, 0.05) is 24.2 Å². The molecule has 3 N–H and O–H groups in total. The molecule has 0 radical (unpaired) electrons. The molecule has 0 aliphatic carbocycles. The van der Waals surface area contributed by atoms with Crippen LogP contribution in [0.1, 0.15) is 5.56 Å². The number of phenols is 1. The van der Waals surface area contributed by atoms with Crippen LogP contribution in [0.4, 0.5) is 0 Å². The zero-order valence-electron chi connectivity index (χ0n) is 8.11. The zero-order chi connectivity index (χ0) is 9.84. The summed E-state index contributed by atoms with van der Waals surface area (Å²) in [6.45, 7) is 0.235. The van der Waals surface area contributed by atoms with Gasteiger partial charge in [0.05, 0.1) is 14.2 Å². The monoisotopic (exact) mass is 219 g/mol. The van der Waals surface area contributed by atoms with Gasteiger partial charge in [-0.25, -0.2) is 0 Å². The highest BCUT2D eigenvalue weighted by Crippen LogP contribution is 2.32. The fourth-order valence-electron chi connectivity index (χ4n) is 1.11. The lowest BCUT2D eigenvalue weighted by molar-refractivity contribution is 0.379. The molecule has 0 amide bonds. The molecule has 1 aromatic rings. The van der Waals surface area contributed by atoms with E-state index in [2.05, 4.69) is 0 Å². The Bertz CT molecular complexity index is 304. The second kappa shape index (κ2) is 5.57. The van der Waals surface area contributed by atoms with Crippen LogP contribution in [0.2, 0.25) is 0 Å². The minimum atomic E-state index is 0. The number of hydrogen-bond donors (Lipinski definition) is 2. The van der Waals surface area contributed by atoms with Crippen LogP contribution >= 0.6 is 12.4 Å². The van der Waals surface area contributed by atoms with Crippen LogP contribution in [0.5, 0.6) is 17.2 Å². The molecule has 0 fully saturated rings. The van der Waals surface area contributed by atoms with E-state index in [4.69, 9.17) is 15.2 Å². The van der Waals surface area contributed by atoms with E-state index in [0.717, 1.165) is 0 Å². The van der Waals surface area contributed by atoms with Crippen molar-refractivity contribution in [3.8, 4) is 17.2 Å². The number of nitrogens with two attached hydrogens (primary N) is 1. The Morgan fingerprint density at radius 2 is 1.93 bits per heavy atom. The normalized spacial score (nSPS) is 9.07. The molecule has 14 heavy (non-hydrogen) atoms. The quantitative estimate of drug-likeness (QED) is 0.804. The number of methoxy groups -OCH3 is 2. The van der Waals surface area contributed by atoms with Crippen molar-refractivity contribution in [3.63, 3.8) is 0 Å². The van der Waals surface area contributed by atoms with Crippen molar-refractivity contribution < 1.29 is 14.6 Å². The molecule has 0 aliphatic rings. The maximum Gasteiger partial charge on any atom is 0.130 e. The first kappa shape index (κ1) is 12.9. The fraction of sp³-hybridized carbons (Fsp3) is 0.333. The number of phenolic OH excluding ortho intramolecular Hbond substituents is 1. The standard InChI is InChI=1S/C9H13NO3.ClH/c1-12-6-3-8(11)7(5-10)9(4-6)13-2;/h3-4,11H,5,10H2,1-2H3;1H. The predicted molar refractivity (Wildman–Crippen MR) is 56.4 cm³/mol. The van der Waals surface area contributed by atoms with Crippen LogP contribution in [-0.2, 0) is 6.54 Å². The third-order valence-electron chi connectivity index (χ3n) is 1.82. The van der Waals surface area contributed by atoms with Gasteiger partial charge in [-0.2, -0.15) is 0 Å². The van der Waals surface area contributed by atoms with Crippen molar-refractivity contribution >= 4 is 12.4 Å². The highest BCUT2D eigenvalue weighted by molar-refractivity contribution is 5.85. The second-order valence-corrected chi connectivity index (χ2v) is 2.53. The molecular weight excluding hydrogens is 206 g/mol. The van der Waals surface area contributed by atoms with Gasteiger partial charge in [0.25, 0.3) is 0 Å². The molecule has 1 aromatic carbocycles. The summed E-state index contributed by atoms with van der Waals surface area (Å²) in [5, 5.41) is 9.49. The van der Waals surface area contributed by atoms with E-state index in [9.17, 15) is 5.11 Å². The minimum absolute atomic E-state index is 0. The number of halogens is 1. The second-order valence-electron chi connectivity index (χ2n) is 2.53. The van der Waals surface area contributed by atoms with Gasteiger partial charge in [0.2, 0.25) is 0 Å². The van der Waals surface area contributed by atoms with Gasteiger partial charge in [0.15, 0.2) is 0 Å². The fourth-order valence-corrected chi connectivity index (χ4v) is 1.11. The smallest absolute Gasteiger partial charge is 0.130 e. The van der Waals surface area contributed by atoms with E-state index in [0.29, 0.717) is 17.1 Å². The molecule has 0 saturated heterocycles. The van der Waals surface area contributed by atoms with Crippen LogP contribution in [0.15, 0.2) is 12.1 Å². The summed E-state index contributed by atoms with van der Waals surface area (Å²) < 4.78 is 10.00. The van der Waals surface area contributed by atoms with Crippen molar-refractivity contribution in [1.82, 2.24) is 0 Å². The predicted octanol–water partition coefficient (Wildman–Crippen LogP) is 1.29. The van der Waals surface area contributed by atoms with Crippen molar-refractivity contribution in [2.45, 2.75) is 6.54 Å². The van der Waals surface area contributed by atoms with E-state index >= 15 is 0 Å². The molecule has 1 rings (SSSR count). The molecule has 0 aromatic heterocycles. The van der Waals surface area contributed by atoms with E-state index in [1.165, 1.54) is 20.3 Å². The van der Waals surface area contributed by atoms with Gasteiger partial charge in [-0.05, 0) is 0 Å². The maximum atomic E-state index is 9.49. The largest absolute Gasteiger partial charge is 0.507 e. The molecule has 0 aliphatic heterocycles. The Hall–Kier alpha value is -1.13. The number of hydrogen-bond acceptors (Lipinski definition) is 4. The van der Waals surface area contributed by atoms with Crippen molar-refractivity contribution in [2.24, 2.45) is 5.73 Å². The van der Waals surface area contributed by atoms with Crippen LogP contribution in [0.25, 0.3) is 0 Å².